The highest BCUT2D eigenvalue weighted by molar-refractivity contribution is 6.32. The number of hydrogen-bond acceptors (Lipinski definition) is 6. The molecule has 4 aromatic rings. The van der Waals surface area contributed by atoms with Crippen LogP contribution in [0.3, 0.4) is 0 Å². The summed E-state index contributed by atoms with van der Waals surface area (Å²) in [6.45, 7) is 8.60. The topological polar surface area (TPSA) is 110 Å². The van der Waals surface area contributed by atoms with Gasteiger partial charge in [0, 0.05) is 61.3 Å². The number of rotatable bonds is 10. The summed E-state index contributed by atoms with van der Waals surface area (Å²) in [5, 5.41) is 15.2. The van der Waals surface area contributed by atoms with Crippen LogP contribution in [-0.4, -0.2) is 53.7 Å². The molecule has 3 N–H and O–H groups in total. The first-order valence-electron chi connectivity index (χ1n) is 14.9. The highest BCUT2D eigenvalue weighted by Crippen LogP contribution is 2.31. The van der Waals surface area contributed by atoms with Gasteiger partial charge in [-0.1, -0.05) is 24.5 Å². The minimum absolute atomic E-state index is 0.250. The van der Waals surface area contributed by atoms with Crippen molar-refractivity contribution in [3.8, 4) is 0 Å². The van der Waals surface area contributed by atoms with Crippen molar-refractivity contribution in [2.75, 3.05) is 18.5 Å². The first-order chi connectivity index (χ1) is 20.8. The summed E-state index contributed by atoms with van der Waals surface area (Å²) in [5.74, 6) is -0.873. The van der Waals surface area contributed by atoms with Gasteiger partial charge in [-0.3, -0.25) is 9.59 Å². The minimum atomic E-state index is -0.307. The fourth-order valence-electron chi connectivity index (χ4n) is 5.52. The van der Waals surface area contributed by atoms with Gasteiger partial charge in [0.1, 0.15) is 13.7 Å². The van der Waals surface area contributed by atoms with Crippen LogP contribution in [0, 0.1) is 12.7 Å². The van der Waals surface area contributed by atoms with Crippen LogP contribution in [-0.2, 0) is 30.8 Å². The van der Waals surface area contributed by atoms with E-state index >= 15 is 0 Å². The lowest BCUT2D eigenvalue weighted by Crippen LogP contribution is -2.30. The Morgan fingerprint density at radius 2 is 1.74 bits per heavy atom. The Hall–Kier alpha value is -4.25. The summed E-state index contributed by atoms with van der Waals surface area (Å²) in [6.07, 6.45) is 4.33. The molecule has 0 spiro atoms. The largest absolute Gasteiger partial charge is 0.381 e. The van der Waals surface area contributed by atoms with Crippen molar-refractivity contribution in [3.63, 3.8) is 0 Å². The molecule has 5 rings (SSSR count). The van der Waals surface area contributed by atoms with Gasteiger partial charge in [0.05, 0.1) is 17.3 Å². The van der Waals surface area contributed by atoms with E-state index in [1.807, 2.05) is 24.7 Å². The molecule has 9 nitrogen and oxygen atoms in total. The zero-order valence-corrected chi connectivity index (χ0v) is 25.2. The monoisotopic (exact) mass is 584 g/mol. The second kappa shape index (κ2) is 13.4. The number of fused-ring (bicyclic) bond motifs is 1. The van der Waals surface area contributed by atoms with Crippen molar-refractivity contribution in [2.45, 2.75) is 65.7 Å². The third kappa shape index (κ3) is 6.88. The van der Waals surface area contributed by atoms with E-state index < -0.39 is 0 Å². The molecule has 224 valence electrons. The number of pyridine rings is 1. The number of nitrogens with one attached hydrogen (secondary N) is 3. The molecule has 11 heteroatoms. The molecule has 2 aromatic carbocycles. The number of nitrogens with zero attached hydrogens (tertiary/aromatic N) is 3. The molecule has 1 saturated heterocycles. The summed E-state index contributed by atoms with van der Waals surface area (Å²) in [7, 11) is 1.69. The van der Waals surface area contributed by atoms with Crippen molar-refractivity contribution >= 4 is 41.8 Å². The molecule has 1 fully saturated rings. The number of amides is 2. The van der Waals surface area contributed by atoms with Crippen molar-refractivity contribution in [1.82, 2.24) is 25.4 Å². The van der Waals surface area contributed by atoms with E-state index in [9.17, 15) is 14.0 Å². The third-order valence-electron chi connectivity index (χ3n) is 7.88. The zero-order valence-electron chi connectivity index (χ0n) is 25.2. The molecule has 1 aliphatic heterocycles. The van der Waals surface area contributed by atoms with Crippen LogP contribution >= 0.6 is 0 Å². The summed E-state index contributed by atoms with van der Waals surface area (Å²) in [6, 6.07) is 10.1. The van der Waals surface area contributed by atoms with Gasteiger partial charge in [-0.05, 0) is 68.5 Å². The van der Waals surface area contributed by atoms with Crippen molar-refractivity contribution in [1.29, 1.82) is 0 Å². The number of hydrogen-bond donors (Lipinski definition) is 3. The molecule has 2 amide bonds. The number of benzene rings is 2. The molecule has 0 bridgehead atoms. The van der Waals surface area contributed by atoms with Gasteiger partial charge in [-0.2, -0.15) is 5.10 Å². The van der Waals surface area contributed by atoms with Gasteiger partial charge >= 0.3 is 0 Å². The molecule has 0 atom stereocenters. The highest BCUT2D eigenvalue weighted by Gasteiger charge is 2.22. The number of anilines is 1. The summed E-state index contributed by atoms with van der Waals surface area (Å²) in [5.41, 5.74) is 6.51. The van der Waals surface area contributed by atoms with Gasteiger partial charge in [0.2, 0.25) is 0 Å². The second-order valence-corrected chi connectivity index (χ2v) is 11.0. The normalized spacial score (nSPS) is 13.7. The van der Waals surface area contributed by atoms with Crippen LogP contribution in [0.5, 0.6) is 0 Å². The van der Waals surface area contributed by atoms with Gasteiger partial charge < -0.3 is 20.7 Å². The van der Waals surface area contributed by atoms with Gasteiger partial charge in [-0.25, -0.2) is 14.1 Å². The Morgan fingerprint density at radius 1 is 1.05 bits per heavy atom. The molecule has 0 radical (unpaired) electrons. The molecule has 0 saturated carbocycles. The van der Waals surface area contributed by atoms with Crippen LogP contribution in [0.2, 0.25) is 0 Å². The summed E-state index contributed by atoms with van der Waals surface area (Å²) in [4.78, 5) is 31.4. The lowest BCUT2D eigenvalue weighted by molar-refractivity contribution is 0.0904. The quantitative estimate of drug-likeness (QED) is 0.247. The number of carbonyl (C=O) groups excluding carboxylic acids is 2. The zero-order chi connectivity index (χ0) is 30.5. The van der Waals surface area contributed by atoms with Crippen LogP contribution in [0.4, 0.5) is 10.1 Å². The minimum Gasteiger partial charge on any atom is -0.381 e. The Kier molecular flexibility index (Phi) is 9.40. The first kappa shape index (κ1) is 30.2. The molecular formula is C32H38BFN6O3. The second-order valence-electron chi connectivity index (χ2n) is 11.0. The highest BCUT2D eigenvalue weighted by atomic mass is 19.1. The Labute approximate surface area is 252 Å². The van der Waals surface area contributed by atoms with Gasteiger partial charge in [0.15, 0.2) is 5.65 Å². The van der Waals surface area contributed by atoms with Crippen molar-refractivity contribution in [3.05, 3.63) is 81.9 Å². The number of aryl methyl sites for hydroxylation is 3. The van der Waals surface area contributed by atoms with E-state index in [4.69, 9.17) is 9.72 Å². The van der Waals surface area contributed by atoms with E-state index in [1.165, 1.54) is 6.07 Å². The summed E-state index contributed by atoms with van der Waals surface area (Å²) < 4.78 is 21.1. The Balaban J connectivity index is 1.36. The standard InChI is InChI=1S/C32H38BFN6O3/c1-4-28-24(29(38-23-8-10-43-11-9-23)25-18-37-40(5-2)30(25)39-28)17-36-32(42)22-13-19(3)12-21(15-22)31(41)35-16-20-6-7-27(34)26(33)14-20/h6-7,12-15,18,23H,4-5,8-11,16-17,33H2,1-3H3,(H,35,41)(H,36,42)(H,38,39). The smallest absolute Gasteiger partial charge is 0.251 e. The van der Waals surface area contributed by atoms with E-state index in [2.05, 4.69) is 28.0 Å². The molecule has 2 aromatic heterocycles. The maximum atomic E-state index is 13.6. The maximum Gasteiger partial charge on any atom is 0.251 e. The van der Waals surface area contributed by atoms with E-state index in [-0.39, 0.29) is 36.8 Å². The van der Waals surface area contributed by atoms with Crippen LogP contribution in [0.1, 0.15) is 69.8 Å². The Bertz CT molecular complexity index is 1650. The van der Waals surface area contributed by atoms with Crippen LogP contribution in [0.15, 0.2) is 42.6 Å². The van der Waals surface area contributed by atoms with Gasteiger partial charge in [-0.15, -0.1) is 0 Å². The molecule has 0 unspecified atom stereocenters. The van der Waals surface area contributed by atoms with Crippen LogP contribution < -0.4 is 21.4 Å². The number of aromatic nitrogens is 3. The van der Waals surface area contributed by atoms with Crippen LogP contribution in [0.25, 0.3) is 11.0 Å². The SMILES string of the molecule is Bc1cc(CNC(=O)c2cc(C)cc(C(=O)NCc3c(CC)nc4c(cnn4CC)c3NC3CCOCC3)c2)ccc1F. The number of halogens is 1. The predicted octanol–water partition coefficient (Wildman–Crippen LogP) is 3.17. The lowest BCUT2D eigenvalue weighted by Gasteiger charge is -2.26. The average Bonchev–Trinajstić information content (AvgIpc) is 3.43. The van der Waals surface area contributed by atoms with E-state index in [0.29, 0.717) is 42.8 Å². The molecule has 3 heterocycles. The van der Waals surface area contributed by atoms with Gasteiger partial charge in [0.25, 0.3) is 11.8 Å². The third-order valence-corrected chi connectivity index (χ3v) is 7.88. The Morgan fingerprint density at radius 3 is 2.40 bits per heavy atom. The maximum absolute atomic E-state index is 13.6. The van der Waals surface area contributed by atoms with E-state index in [1.54, 1.807) is 38.2 Å². The number of ether oxygens (including phenoxy) is 1. The first-order valence-corrected chi connectivity index (χ1v) is 14.9. The lowest BCUT2D eigenvalue weighted by atomic mass is 9.93. The van der Waals surface area contributed by atoms with Crippen molar-refractivity contribution in [2.24, 2.45) is 0 Å². The molecule has 1 aliphatic rings. The fraction of sp³-hybridized carbons (Fsp3) is 0.375. The molecule has 43 heavy (non-hydrogen) atoms. The van der Waals surface area contributed by atoms with Crippen molar-refractivity contribution < 1.29 is 18.7 Å². The number of carbonyl (C=O) groups is 2. The summed E-state index contributed by atoms with van der Waals surface area (Å²) >= 11 is 0. The molecule has 0 aliphatic carbocycles. The fourth-order valence-corrected chi connectivity index (χ4v) is 5.52. The predicted molar refractivity (Wildman–Crippen MR) is 168 cm³/mol. The average molecular weight is 585 g/mol. The molecular weight excluding hydrogens is 546 g/mol. The van der Waals surface area contributed by atoms with E-state index in [0.717, 1.165) is 51.9 Å².